The van der Waals surface area contributed by atoms with Crippen molar-refractivity contribution in [2.75, 3.05) is 26.7 Å². The Hall–Kier alpha value is -1.90. The molecule has 1 heterocycles. The lowest BCUT2D eigenvalue weighted by Crippen LogP contribution is -2.53. The second-order valence-electron chi connectivity index (χ2n) is 9.16. The summed E-state index contributed by atoms with van der Waals surface area (Å²) in [5, 5.41) is 14.7. The van der Waals surface area contributed by atoms with Gasteiger partial charge in [-0.2, -0.15) is 0 Å². The number of nitrogens with one attached hydrogen (secondary N) is 3. The van der Waals surface area contributed by atoms with Gasteiger partial charge in [-0.3, -0.25) is 0 Å². The largest absolute Gasteiger partial charge is 0.444 e. The van der Waals surface area contributed by atoms with E-state index >= 15 is 0 Å². The van der Waals surface area contributed by atoms with E-state index in [9.17, 15) is 4.79 Å². The minimum Gasteiger partial charge on any atom is -0.444 e. The van der Waals surface area contributed by atoms with Gasteiger partial charge in [0.2, 0.25) is 0 Å². The van der Waals surface area contributed by atoms with Crippen LogP contribution in [0.15, 0.2) is 23.4 Å². The smallest absolute Gasteiger partial charge is 0.410 e. The molecule has 2 aliphatic rings. The molecule has 8 heteroatoms. The van der Waals surface area contributed by atoms with Gasteiger partial charge in [0.25, 0.3) is 0 Å². The lowest BCUT2D eigenvalue weighted by Gasteiger charge is -2.33. The number of likely N-dealkylation sites (tertiary alicyclic amines) is 1. The van der Waals surface area contributed by atoms with E-state index in [0.29, 0.717) is 19.6 Å². The Morgan fingerprint density at radius 3 is 2.77 bits per heavy atom. The predicted molar refractivity (Wildman–Crippen MR) is 120 cm³/mol. The van der Waals surface area contributed by atoms with Crippen molar-refractivity contribution in [3.63, 3.8) is 0 Å². The van der Waals surface area contributed by atoms with Crippen LogP contribution in [0.3, 0.4) is 0 Å². The molecule has 0 aromatic heterocycles. The average Bonchev–Trinajstić information content (AvgIpc) is 2.92. The van der Waals surface area contributed by atoms with Crippen molar-refractivity contribution >= 4 is 12.3 Å². The molecule has 0 saturated carbocycles. The minimum atomic E-state index is -0.505. The summed E-state index contributed by atoms with van der Waals surface area (Å²) in [5.74, 6) is 0. The Balaban J connectivity index is 2.06. The Labute approximate surface area is 180 Å². The van der Waals surface area contributed by atoms with Gasteiger partial charge in [0.1, 0.15) is 5.60 Å². The third kappa shape index (κ3) is 7.41. The molecular formula is C22H39N5O3. The Morgan fingerprint density at radius 2 is 2.13 bits per heavy atom. The molecule has 1 fully saturated rings. The number of carbonyl (C=O) groups excluding carboxylic acids is 1. The molecule has 1 aliphatic heterocycles. The van der Waals surface area contributed by atoms with Gasteiger partial charge >= 0.3 is 6.09 Å². The van der Waals surface area contributed by atoms with Crippen molar-refractivity contribution in [1.29, 1.82) is 5.41 Å². The summed E-state index contributed by atoms with van der Waals surface area (Å²) in [6, 6.07) is -0.204. The summed E-state index contributed by atoms with van der Waals surface area (Å²) in [6.45, 7) is 9.59. The van der Waals surface area contributed by atoms with Crippen LogP contribution < -0.4 is 16.4 Å². The Morgan fingerprint density at radius 1 is 1.40 bits per heavy atom. The van der Waals surface area contributed by atoms with E-state index in [-0.39, 0.29) is 30.3 Å². The van der Waals surface area contributed by atoms with Gasteiger partial charge in [-0.25, -0.2) is 4.79 Å². The molecule has 170 valence electrons. The Bertz CT molecular complexity index is 656. The van der Waals surface area contributed by atoms with Crippen LogP contribution in [0.4, 0.5) is 4.79 Å². The number of methoxy groups -OCH3 is 1. The fraction of sp³-hybridized carbons (Fsp3) is 0.727. The molecule has 0 aromatic rings. The number of allylic oxidation sites excluding steroid dienone is 1. The van der Waals surface area contributed by atoms with Crippen LogP contribution in [0.25, 0.3) is 0 Å². The molecule has 1 aliphatic carbocycles. The fourth-order valence-electron chi connectivity index (χ4n) is 3.61. The molecule has 1 amide bonds. The highest BCUT2D eigenvalue weighted by molar-refractivity contribution is 5.83. The van der Waals surface area contributed by atoms with Gasteiger partial charge < -0.3 is 36.2 Å². The maximum atomic E-state index is 12.6. The summed E-state index contributed by atoms with van der Waals surface area (Å²) < 4.78 is 10.9. The molecule has 1 saturated heterocycles. The van der Waals surface area contributed by atoms with Crippen LogP contribution >= 0.6 is 0 Å². The van der Waals surface area contributed by atoms with Gasteiger partial charge in [0.05, 0.1) is 6.10 Å². The van der Waals surface area contributed by atoms with Gasteiger partial charge in [-0.15, -0.1) is 0 Å². The fourth-order valence-corrected chi connectivity index (χ4v) is 3.61. The van der Waals surface area contributed by atoms with E-state index in [1.165, 1.54) is 6.21 Å². The molecule has 30 heavy (non-hydrogen) atoms. The van der Waals surface area contributed by atoms with Crippen LogP contribution in [-0.2, 0) is 9.47 Å². The van der Waals surface area contributed by atoms with Crippen molar-refractivity contribution in [1.82, 2.24) is 15.5 Å². The van der Waals surface area contributed by atoms with Gasteiger partial charge in [-0.1, -0.05) is 12.5 Å². The quantitative estimate of drug-likeness (QED) is 0.469. The lowest BCUT2D eigenvalue weighted by atomic mass is 9.94. The monoisotopic (exact) mass is 421 g/mol. The van der Waals surface area contributed by atoms with E-state index in [0.717, 1.165) is 30.5 Å². The molecule has 2 rings (SSSR count). The molecule has 3 unspecified atom stereocenters. The second kappa shape index (κ2) is 10.9. The van der Waals surface area contributed by atoms with E-state index in [2.05, 4.69) is 16.7 Å². The van der Waals surface area contributed by atoms with Crippen molar-refractivity contribution in [3.8, 4) is 0 Å². The zero-order chi connectivity index (χ0) is 22.3. The molecule has 4 atom stereocenters. The summed E-state index contributed by atoms with van der Waals surface area (Å²) >= 11 is 0. The number of nitrogens with two attached hydrogens (primary N) is 1. The number of rotatable bonds is 7. The number of hydrogen-bond donors (Lipinski definition) is 4. The highest BCUT2D eigenvalue weighted by Crippen LogP contribution is 2.19. The molecule has 0 aromatic carbocycles. The summed E-state index contributed by atoms with van der Waals surface area (Å²) in [5.41, 5.74) is 7.53. The molecule has 0 radical (unpaired) electrons. The third-order valence-corrected chi connectivity index (χ3v) is 5.33. The van der Waals surface area contributed by atoms with Crippen molar-refractivity contribution in [2.45, 2.75) is 76.8 Å². The van der Waals surface area contributed by atoms with E-state index in [4.69, 9.17) is 20.6 Å². The van der Waals surface area contributed by atoms with Crippen molar-refractivity contribution in [2.24, 2.45) is 5.73 Å². The molecule has 0 bridgehead atoms. The van der Waals surface area contributed by atoms with Crippen LogP contribution in [0.1, 0.15) is 47.0 Å². The number of carbonyl (C=O) groups is 1. The summed E-state index contributed by atoms with van der Waals surface area (Å²) in [7, 11) is 1.68. The first-order valence-electron chi connectivity index (χ1n) is 10.8. The zero-order valence-electron chi connectivity index (χ0n) is 19.0. The van der Waals surface area contributed by atoms with Crippen molar-refractivity contribution in [3.05, 3.63) is 23.4 Å². The highest BCUT2D eigenvalue weighted by Gasteiger charge is 2.29. The first-order valence-corrected chi connectivity index (χ1v) is 10.8. The number of hydrogen-bond acceptors (Lipinski definition) is 7. The molecule has 5 N–H and O–H groups in total. The first-order chi connectivity index (χ1) is 14.1. The van der Waals surface area contributed by atoms with Crippen LogP contribution in [0, 0.1) is 5.41 Å². The van der Waals surface area contributed by atoms with E-state index in [1.807, 2.05) is 33.8 Å². The third-order valence-electron chi connectivity index (χ3n) is 5.33. The second-order valence-corrected chi connectivity index (χ2v) is 9.16. The van der Waals surface area contributed by atoms with Gasteiger partial charge in [-0.05, 0) is 46.6 Å². The Kier molecular flexibility index (Phi) is 8.88. The number of amides is 1. The summed E-state index contributed by atoms with van der Waals surface area (Å²) in [6.07, 6.45) is 8.06. The predicted octanol–water partition coefficient (Wildman–Crippen LogP) is 2.16. The number of nitrogens with zero attached hydrogens (tertiary/aromatic N) is 1. The van der Waals surface area contributed by atoms with Crippen molar-refractivity contribution < 1.29 is 14.3 Å². The average molecular weight is 422 g/mol. The lowest BCUT2D eigenvalue weighted by molar-refractivity contribution is 0.0242. The summed E-state index contributed by atoms with van der Waals surface area (Å²) in [4.78, 5) is 14.4. The number of ether oxygens (including phenoxy) is 2. The van der Waals surface area contributed by atoms with Crippen LogP contribution in [0.5, 0.6) is 0 Å². The van der Waals surface area contributed by atoms with Gasteiger partial charge in [0.15, 0.2) is 0 Å². The normalized spacial score (nSPS) is 26.2. The maximum absolute atomic E-state index is 12.6. The van der Waals surface area contributed by atoms with E-state index < -0.39 is 5.60 Å². The standard InChI is InChI=1S/C22H39N5O3/c1-15(29-5)13-25-19-11-20(18(24)10-16(19)12-23)26-17-8-6-7-9-27(14-17)21(28)30-22(2,3)4/h10-12,15,17-18,20,23,25-26H,6-9,13-14,24H2,1-5H3/t15-,17?,18?,20?/m0/s1. The molecule has 0 spiro atoms. The van der Waals surface area contributed by atoms with Crippen LogP contribution in [-0.4, -0.2) is 73.8 Å². The SMILES string of the molecule is CO[C@@H](C)CNC1=CC(NC2CCCCN(C(=O)OC(C)(C)C)C2)C(N)C=C1C=N. The first kappa shape index (κ1) is 24.4. The molecular weight excluding hydrogens is 382 g/mol. The topological polar surface area (TPSA) is 113 Å². The van der Waals surface area contributed by atoms with Gasteiger partial charge in [0, 0.05) is 62.4 Å². The van der Waals surface area contributed by atoms with Crippen LogP contribution in [0.2, 0.25) is 0 Å². The highest BCUT2D eigenvalue weighted by atomic mass is 16.6. The van der Waals surface area contributed by atoms with E-state index in [1.54, 1.807) is 12.0 Å². The minimum absolute atomic E-state index is 0.0594. The molecule has 8 nitrogen and oxygen atoms in total. The maximum Gasteiger partial charge on any atom is 0.410 e. The zero-order valence-corrected chi connectivity index (χ0v) is 19.0.